The summed E-state index contributed by atoms with van der Waals surface area (Å²) in [5, 5.41) is 11.1. The second-order valence-electron chi connectivity index (χ2n) is 7.75. The average molecular weight is 490 g/mol. The van der Waals surface area contributed by atoms with Crippen LogP contribution in [0.2, 0.25) is 0 Å². The number of imide groups is 2. The number of barbiturate groups is 1. The molecular formula is C26H22N2O8. The van der Waals surface area contributed by atoms with Gasteiger partial charge in [-0.2, -0.15) is 0 Å². The van der Waals surface area contributed by atoms with Crippen molar-refractivity contribution in [3.63, 3.8) is 0 Å². The fourth-order valence-corrected chi connectivity index (χ4v) is 3.55. The normalized spacial score (nSPS) is 14.7. The van der Waals surface area contributed by atoms with Crippen LogP contribution >= 0.6 is 0 Å². The fourth-order valence-electron chi connectivity index (χ4n) is 3.55. The van der Waals surface area contributed by atoms with E-state index < -0.39 is 23.8 Å². The molecule has 0 radical (unpaired) electrons. The molecule has 1 aliphatic heterocycles. The Morgan fingerprint density at radius 1 is 1.06 bits per heavy atom. The summed E-state index contributed by atoms with van der Waals surface area (Å²) in [7, 11) is 1.42. The van der Waals surface area contributed by atoms with E-state index in [1.807, 2.05) is 19.1 Å². The van der Waals surface area contributed by atoms with Crippen LogP contribution in [0.15, 0.2) is 64.6 Å². The number of carbonyl (C=O) groups excluding carboxylic acids is 3. The lowest BCUT2D eigenvalue weighted by Gasteiger charge is -2.26. The number of nitrogens with one attached hydrogen (secondary N) is 1. The molecule has 4 rings (SSSR count). The van der Waals surface area contributed by atoms with Gasteiger partial charge in [0, 0.05) is 0 Å². The quantitative estimate of drug-likeness (QED) is 0.360. The fraction of sp³-hybridized carbons (Fsp3) is 0.154. The number of carboxylic acids is 1. The third kappa shape index (κ3) is 4.97. The van der Waals surface area contributed by atoms with E-state index >= 15 is 0 Å². The lowest BCUT2D eigenvalue weighted by Crippen LogP contribution is -2.54. The number of urea groups is 1. The minimum atomic E-state index is -1.18. The predicted molar refractivity (Wildman–Crippen MR) is 128 cm³/mol. The van der Waals surface area contributed by atoms with Crippen molar-refractivity contribution in [3.8, 4) is 11.5 Å². The topological polar surface area (TPSA) is 135 Å². The Balaban J connectivity index is 1.56. The van der Waals surface area contributed by atoms with Crippen LogP contribution in [0.1, 0.15) is 34.4 Å². The van der Waals surface area contributed by atoms with Gasteiger partial charge in [0.1, 0.15) is 17.9 Å². The third-order valence-electron chi connectivity index (χ3n) is 5.45. The maximum atomic E-state index is 13.1. The highest BCUT2D eigenvalue weighted by Crippen LogP contribution is 2.31. The number of aryl methyl sites for hydroxylation is 1. The summed E-state index contributed by atoms with van der Waals surface area (Å²) in [6, 6.07) is 13.7. The van der Waals surface area contributed by atoms with Crippen molar-refractivity contribution in [2.24, 2.45) is 0 Å². The molecule has 0 bridgehead atoms. The Labute approximate surface area is 205 Å². The van der Waals surface area contributed by atoms with Crippen LogP contribution < -0.4 is 19.7 Å². The number of carbonyl (C=O) groups is 4. The number of nitrogens with zero attached hydrogens (tertiary/aromatic N) is 1. The third-order valence-corrected chi connectivity index (χ3v) is 5.45. The van der Waals surface area contributed by atoms with Crippen LogP contribution in [0.25, 0.3) is 6.08 Å². The Hall–Kier alpha value is -4.86. The van der Waals surface area contributed by atoms with E-state index in [2.05, 4.69) is 5.32 Å². The molecule has 184 valence electrons. The molecule has 1 saturated heterocycles. The highest BCUT2D eigenvalue weighted by atomic mass is 16.5. The Morgan fingerprint density at radius 3 is 2.44 bits per heavy atom. The maximum absolute atomic E-state index is 13.1. The maximum Gasteiger partial charge on any atom is 0.371 e. The van der Waals surface area contributed by atoms with Crippen molar-refractivity contribution >= 4 is 35.6 Å². The largest absolute Gasteiger partial charge is 0.493 e. The lowest BCUT2D eigenvalue weighted by atomic mass is 10.1. The van der Waals surface area contributed by atoms with Crippen LogP contribution in [0.3, 0.4) is 0 Å². The zero-order valence-electron chi connectivity index (χ0n) is 19.4. The molecule has 0 saturated carbocycles. The summed E-state index contributed by atoms with van der Waals surface area (Å²) in [6.45, 7) is 1.95. The van der Waals surface area contributed by atoms with Crippen molar-refractivity contribution in [3.05, 3.63) is 82.8 Å². The molecular weight excluding hydrogens is 468 g/mol. The number of carboxylic acid groups (broad SMARTS) is 1. The van der Waals surface area contributed by atoms with Crippen molar-refractivity contribution in [2.45, 2.75) is 20.0 Å². The molecule has 1 aromatic heterocycles. The SMILES string of the molecule is CCc1ccc(N2C(=O)NC(=O)/C(=C\c3ccc(OCc4ccc(C(=O)O)o4)c(OC)c3)C2=O)cc1. The van der Waals surface area contributed by atoms with Crippen LogP contribution in [0, 0.1) is 0 Å². The molecule has 1 aliphatic rings. The van der Waals surface area contributed by atoms with E-state index in [-0.39, 0.29) is 17.9 Å². The minimum absolute atomic E-state index is 0.0428. The van der Waals surface area contributed by atoms with E-state index in [0.717, 1.165) is 16.9 Å². The number of anilines is 1. The summed E-state index contributed by atoms with van der Waals surface area (Å²) >= 11 is 0. The highest BCUT2D eigenvalue weighted by Gasteiger charge is 2.36. The molecule has 10 nitrogen and oxygen atoms in total. The van der Waals surface area contributed by atoms with Gasteiger partial charge < -0.3 is 19.0 Å². The molecule has 3 aromatic rings. The van der Waals surface area contributed by atoms with E-state index in [0.29, 0.717) is 28.5 Å². The highest BCUT2D eigenvalue weighted by molar-refractivity contribution is 6.39. The smallest absolute Gasteiger partial charge is 0.371 e. The number of hydrogen-bond donors (Lipinski definition) is 2. The Kier molecular flexibility index (Phi) is 6.86. The Bertz CT molecular complexity index is 1370. The second-order valence-corrected chi connectivity index (χ2v) is 7.75. The number of rotatable bonds is 8. The lowest BCUT2D eigenvalue weighted by molar-refractivity contribution is -0.122. The van der Waals surface area contributed by atoms with Gasteiger partial charge in [0.2, 0.25) is 5.76 Å². The van der Waals surface area contributed by atoms with Gasteiger partial charge in [-0.3, -0.25) is 14.9 Å². The molecule has 2 aromatic carbocycles. The number of amides is 4. The van der Waals surface area contributed by atoms with Gasteiger partial charge in [0.25, 0.3) is 11.8 Å². The minimum Gasteiger partial charge on any atom is -0.493 e. The molecule has 1 fully saturated rings. The summed E-state index contributed by atoms with van der Waals surface area (Å²) in [4.78, 5) is 49.8. The first-order valence-corrected chi connectivity index (χ1v) is 10.9. The molecule has 4 amide bonds. The number of hydrogen-bond acceptors (Lipinski definition) is 7. The predicted octanol–water partition coefficient (Wildman–Crippen LogP) is 3.79. The van der Waals surface area contributed by atoms with Gasteiger partial charge in [-0.25, -0.2) is 14.5 Å². The standard InChI is InChI=1S/C26H22N2O8/c1-3-15-4-7-17(8-5-15)28-24(30)19(23(29)27-26(28)33)12-16-6-10-20(22(13-16)34-2)35-14-18-9-11-21(36-18)25(31)32/h4-13H,3,14H2,1-2H3,(H,31,32)(H,27,29,33)/b19-12+. The van der Waals surface area contributed by atoms with Gasteiger partial charge >= 0.3 is 12.0 Å². The van der Waals surface area contributed by atoms with Crippen molar-refractivity contribution in [1.82, 2.24) is 5.32 Å². The zero-order chi connectivity index (χ0) is 25.8. The van der Waals surface area contributed by atoms with Gasteiger partial charge in [-0.1, -0.05) is 25.1 Å². The number of benzene rings is 2. The van der Waals surface area contributed by atoms with Crippen LogP contribution in [0.5, 0.6) is 11.5 Å². The van der Waals surface area contributed by atoms with E-state index in [9.17, 15) is 19.2 Å². The molecule has 0 aliphatic carbocycles. The Morgan fingerprint density at radius 2 is 1.81 bits per heavy atom. The number of ether oxygens (including phenoxy) is 2. The van der Waals surface area contributed by atoms with Crippen molar-refractivity contribution in [2.75, 3.05) is 12.0 Å². The van der Waals surface area contributed by atoms with Crippen LogP contribution in [-0.2, 0) is 22.6 Å². The summed E-state index contributed by atoms with van der Waals surface area (Å²) in [5.41, 5.74) is 1.62. The molecule has 36 heavy (non-hydrogen) atoms. The van der Waals surface area contributed by atoms with Crippen molar-refractivity contribution < 1.29 is 38.2 Å². The van der Waals surface area contributed by atoms with E-state index in [1.165, 1.54) is 25.3 Å². The number of methoxy groups -OCH3 is 1. The molecule has 2 N–H and O–H groups in total. The van der Waals surface area contributed by atoms with Crippen LogP contribution in [0.4, 0.5) is 10.5 Å². The molecule has 10 heteroatoms. The number of furan rings is 1. The van der Waals surface area contributed by atoms with E-state index in [1.54, 1.807) is 30.3 Å². The summed E-state index contributed by atoms with van der Waals surface area (Å²) < 4.78 is 16.2. The van der Waals surface area contributed by atoms with Gasteiger partial charge in [0.15, 0.2) is 11.5 Å². The monoisotopic (exact) mass is 490 g/mol. The molecule has 0 atom stereocenters. The zero-order valence-corrected chi connectivity index (χ0v) is 19.4. The van der Waals surface area contributed by atoms with Gasteiger partial charge in [-0.05, 0) is 60.0 Å². The molecule has 0 unspecified atom stereocenters. The van der Waals surface area contributed by atoms with Crippen LogP contribution in [-0.4, -0.2) is 36.0 Å². The first-order chi connectivity index (χ1) is 17.3. The van der Waals surface area contributed by atoms with Gasteiger partial charge in [-0.15, -0.1) is 0 Å². The van der Waals surface area contributed by atoms with Crippen molar-refractivity contribution in [1.29, 1.82) is 0 Å². The summed E-state index contributed by atoms with van der Waals surface area (Å²) in [6.07, 6.45) is 2.16. The van der Waals surface area contributed by atoms with E-state index in [4.69, 9.17) is 19.0 Å². The van der Waals surface area contributed by atoms with Gasteiger partial charge in [0.05, 0.1) is 12.8 Å². The second kappa shape index (κ2) is 10.2. The number of aromatic carboxylic acids is 1. The first-order valence-electron chi connectivity index (χ1n) is 10.9. The molecule has 2 heterocycles. The first kappa shape index (κ1) is 24.3. The molecule has 0 spiro atoms. The average Bonchev–Trinajstić information content (AvgIpc) is 3.35. The summed E-state index contributed by atoms with van der Waals surface area (Å²) in [5.74, 6) is -2.00.